The largest absolute Gasteiger partial charge is 0.324 e. The summed E-state index contributed by atoms with van der Waals surface area (Å²) in [6.07, 6.45) is 8.59. The number of amides is 1. The van der Waals surface area contributed by atoms with E-state index in [2.05, 4.69) is 18.3 Å². The molecule has 1 rings (SSSR count). The lowest BCUT2D eigenvalue weighted by Gasteiger charge is -2.09. The van der Waals surface area contributed by atoms with Crippen molar-refractivity contribution in [1.29, 1.82) is 0 Å². The first-order valence-corrected chi connectivity index (χ1v) is 8.52. The van der Waals surface area contributed by atoms with Crippen molar-refractivity contribution >= 4 is 29.0 Å². The number of benzene rings is 1. The summed E-state index contributed by atoms with van der Waals surface area (Å²) in [4.78, 5) is 22.9. The van der Waals surface area contributed by atoms with Gasteiger partial charge in [-0.05, 0) is 37.5 Å². The zero-order valence-electron chi connectivity index (χ0n) is 13.5. The Bertz CT molecular complexity index is 488. The van der Waals surface area contributed by atoms with Crippen LogP contribution in [-0.4, -0.2) is 17.1 Å². The van der Waals surface area contributed by atoms with Gasteiger partial charge in [-0.3, -0.25) is 9.59 Å². The van der Waals surface area contributed by atoms with Gasteiger partial charge in [-0.25, -0.2) is 0 Å². The third-order valence-corrected chi connectivity index (χ3v) is 4.11. The number of Topliss-reactive ketones (excluding diaryl/α,β-unsaturated/α-hetero) is 1. The topological polar surface area (TPSA) is 46.2 Å². The second kappa shape index (κ2) is 10.4. The molecule has 0 aliphatic carbocycles. The van der Waals surface area contributed by atoms with E-state index >= 15 is 0 Å². The zero-order valence-corrected chi connectivity index (χ0v) is 14.3. The normalized spacial score (nSPS) is 12.0. The molecule has 0 radical (unpaired) electrons. The molecular weight excluding hydrogens is 298 g/mol. The Morgan fingerprint density at radius 3 is 2.50 bits per heavy atom. The molecule has 0 saturated heterocycles. The molecule has 0 spiro atoms. The number of hydrogen-bond acceptors (Lipinski definition) is 2. The van der Waals surface area contributed by atoms with Crippen molar-refractivity contribution in [1.82, 2.24) is 0 Å². The fourth-order valence-electron chi connectivity index (χ4n) is 2.30. The maximum atomic E-state index is 11.8. The molecule has 1 aromatic rings. The molecule has 0 aromatic heterocycles. The van der Waals surface area contributed by atoms with Crippen molar-refractivity contribution in [2.45, 2.75) is 64.2 Å². The molecule has 1 unspecified atom stereocenters. The highest BCUT2D eigenvalue weighted by atomic mass is 35.5. The Balaban J connectivity index is 2.42. The van der Waals surface area contributed by atoms with Crippen LogP contribution in [0.1, 0.15) is 57.9 Å². The molecule has 0 saturated carbocycles. The summed E-state index contributed by atoms with van der Waals surface area (Å²) >= 11 is 5.74. The molecule has 1 atom stereocenters. The average Bonchev–Trinajstić information content (AvgIpc) is 2.50. The highest BCUT2D eigenvalue weighted by Gasteiger charge is 2.19. The first-order valence-electron chi connectivity index (χ1n) is 8.09. The van der Waals surface area contributed by atoms with E-state index in [4.69, 9.17) is 11.6 Å². The van der Waals surface area contributed by atoms with Crippen molar-refractivity contribution in [2.24, 2.45) is 0 Å². The Morgan fingerprint density at radius 1 is 1.14 bits per heavy atom. The van der Waals surface area contributed by atoms with E-state index in [1.54, 1.807) is 0 Å². The molecule has 3 nitrogen and oxygen atoms in total. The number of anilines is 1. The molecule has 0 heterocycles. The van der Waals surface area contributed by atoms with Crippen LogP contribution in [0.3, 0.4) is 0 Å². The van der Waals surface area contributed by atoms with E-state index in [-0.39, 0.29) is 5.78 Å². The van der Waals surface area contributed by atoms with Crippen LogP contribution in [0.15, 0.2) is 24.3 Å². The molecule has 4 heteroatoms. The Kier molecular flexibility index (Phi) is 8.83. The zero-order chi connectivity index (χ0) is 16.4. The maximum absolute atomic E-state index is 11.8. The molecule has 1 amide bonds. The predicted molar refractivity (Wildman–Crippen MR) is 92.5 cm³/mol. The maximum Gasteiger partial charge on any atom is 0.250 e. The van der Waals surface area contributed by atoms with Gasteiger partial charge in [0.05, 0.1) is 0 Å². The van der Waals surface area contributed by atoms with Gasteiger partial charge in [-0.15, -0.1) is 11.6 Å². The summed E-state index contributed by atoms with van der Waals surface area (Å²) in [5.74, 6) is -0.812. The molecule has 0 aliphatic rings. The molecule has 122 valence electrons. The van der Waals surface area contributed by atoms with Gasteiger partial charge in [0.25, 0.3) is 0 Å². The quantitative estimate of drug-likeness (QED) is 0.384. The summed E-state index contributed by atoms with van der Waals surface area (Å²) in [5, 5.41) is 1.57. The van der Waals surface area contributed by atoms with Crippen LogP contribution in [0.2, 0.25) is 0 Å². The number of ketones is 1. The first kappa shape index (κ1) is 18.7. The molecule has 1 N–H and O–H groups in total. The molecule has 0 bridgehead atoms. The van der Waals surface area contributed by atoms with E-state index in [1.807, 2.05) is 18.2 Å². The Labute approximate surface area is 138 Å². The minimum absolute atomic E-state index is 0.345. The summed E-state index contributed by atoms with van der Waals surface area (Å²) in [5.41, 5.74) is 1.89. The number of rotatable bonds is 10. The van der Waals surface area contributed by atoms with Gasteiger partial charge in [0.15, 0.2) is 11.2 Å². The lowest BCUT2D eigenvalue weighted by Crippen LogP contribution is -2.28. The summed E-state index contributed by atoms with van der Waals surface area (Å²) in [6, 6.07) is 7.74. The summed E-state index contributed by atoms with van der Waals surface area (Å²) < 4.78 is 0. The lowest BCUT2D eigenvalue weighted by atomic mass is 10.0. The van der Waals surface area contributed by atoms with E-state index < -0.39 is 11.3 Å². The Morgan fingerprint density at radius 2 is 1.82 bits per heavy atom. The van der Waals surface area contributed by atoms with E-state index in [9.17, 15) is 9.59 Å². The summed E-state index contributed by atoms with van der Waals surface area (Å²) in [7, 11) is 0. The van der Waals surface area contributed by atoms with Crippen molar-refractivity contribution in [2.75, 3.05) is 5.32 Å². The van der Waals surface area contributed by atoms with Gasteiger partial charge in [0.1, 0.15) is 0 Å². The van der Waals surface area contributed by atoms with Crippen LogP contribution in [0.4, 0.5) is 5.69 Å². The van der Waals surface area contributed by atoms with Crippen LogP contribution < -0.4 is 5.32 Å². The molecule has 0 fully saturated rings. The third kappa shape index (κ3) is 7.08. The van der Waals surface area contributed by atoms with Crippen molar-refractivity contribution in [3.05, 3.63) is 29.8 Å². The van der Waals surface area contributed by atoms with Gasteiger partial charge >= 0.3 is 0 Å². The van der Waals surface area contributed by atoms with Crippen LogP contribution in [-0.2, 0) is 16.0 Å². The molecule has 22 heavy (non-hydrogen) atoms. The highest BCUT2D eigenvalue weighted by molar-refractivity contribution is 6.43. The van der Waals surface area contributed by atoms with Crippen molar-refractivity contribution in [3.8, 4) is 0 Å². The van der Waals surface area contributed by atoms with Gasteiger partial charge in [-0.2, -0.15) is 0 Å². The van der Waals surface area contributed by atoms with Gasteiger partial charge in [0, 0.05) is 5.69 Å². The van der Waals surface area contributed by atoms with Gasteiger partial charge in [0.2, 0.25) is 5.91 Å². The highest BCUT2D eigenvalue weighted by Crippen LogP contribution is 2.15. The van der Waals surface area contributed by atoms with Crippen LogP contribution >= 0.6 is 11.6 Å². The average molecular weight is 324 g/mol. The lowest BCUT2D eigenvalue weighted by molar-refractivity contribution is -0.123. The number of halogens is 1. The van der Waals surface area contributed by atoms with Crippen molar-refractivity contribution < 1.29 is 9.59 Å². The molecule has 1 aromatic carbocycles. The third-order valence-electron chi connectivity index (χ3n) is 3.60. The van der Waals surface area contributed by atoms with Crippen LogP contribution in [0, 0.1) is 0 Å². The second-order valence-electron chi connectivity index (χ2n) is 5.68. The smallest absolute Gasteiger partial charge is 0.250 e. The Hall–Kier alpha value is -1.35. The standard InChI is InChI=1S/C18H26ClNO2/c1-3-4-5-6-7-8-10-15-11-9-12-16(13-15)20-18(22)17(19)14(2)21/h9,11-13,17H,3-8,10H2,1-2H3,(H,20,22). The first-order chi connectivity index (χ1) is 10.5. The van der Waals surface area contributed by atoms with Crippen LogP contribution in [0.25, 0.3) is 0 Å². The fourth-order valence-corrected chi connectivity index (χ4v) is 2.36. The predicted octanol–water partition coefficient (Wildman–Crippen LogP) is 4.72. The SMILES string of the molecule is CCCCCCCCc1cccc(NC(=O)C(Cl)C(C)=O)c1. The van der Waals surface area contributed by atoms with E-state index in [1.165, 1.54) is 44.6 Å². The number of carbonyl (C=O) groups excluding carboxylic acids is 2. The van der Waals surface area contributed by atoms with E-state index in [0.717, 1.165) is 12.8 Å². The second-order valence-corrected chi connectivity index (χ2v) is 6.12. The minimum atomic E-state index is -1.12. The van der Waals surface area contributed by atoms with Crippen molar-refractivity contribution in [3.63, 3.8) is 0 Å². The van der Waals surface area contributed by atoms with Gasteiger partial charge < -0.3 is 5.32 Å². The van der Waals surface area contributed by atoms with E-state index in [0.29, 0.717) is 5.69 Å². The number of carbonyl (C=O) groups is 2. The van der Waals surface area contributed by atoms with Gasteiger partial charge in [-0.1, -0.05) is 51.2 Å². The number of aryl methyl sites for hydroxylation is 1. The fraction of sp³-hybridized carbons (Fsp3) is 0.556. The number of nitrogens with one attached hydrogen (secondary N) is 1. The number of unbranched alkanes of at least 4 members (excludes halogenated alkanes) is 5. The molecular formula is C18H26ClNO2. The number of hydrogen-bond donors (Lipinski definition) is 1. The minimum Gasteiger partial charge on any atom is -0.324 e. The molecule has 0 aliphatic heterocycles. The number of alkyl halides is 1. The monoisotopic (exact) mass is 323 g/mol. The summed E-state index contributed by atoms with van der Waals surface area (Å²) in [6.45, 7) is 3.53. The van der Waals surface area contributed by atoms with Crippen LogP contribution in [0.5, 0.6) is 0 Å².